The fourth-order valence-corrected chi connectivity index (χ4v) is 4.89. The fourth-order valence-electron chi connectivity index (χ4n) is 4.70. The SMILES string of the molecule is CC(N1Cc2cc(Cl)ccc2-n2c(nnc2C2CCN(c3nccc(C#N)n3)CC2)C1)C(F)(F)F. The molecule has 1 aromatic carbocycles. The maximum atomic E-state index is 13.6. The van der Waals surface area contributed by atoms with Crippen LogP contribution in [0.15, 0.2) is 30.5 Å². The van der Waals surface area contributed by atoms with Crippen LogP contribution in [0.25, 0.3) is 5.69 Å². The lowest BCUT2D eigenvalue weighted by Crippen LogP contribution is -2.42. The molecule has 2 aromatic heterocycles. The summed E-state index contributed by atoms with van der Waals surface area (Å²) in [6.07, 6.45) is -1.32. The molecule has 2 aliphatic heterocycles. The Morgan fingerprint density at radius 3 is 2.63 bits per heavy atom. The van der Waals surface area contributed by atoms with Gasteiger partial charge in [0.05, 0.1) is 12.2 Å². The molecule has 182 valence electrons. The van der Waals surface area contributed by atoms with Crippen molar-refractivity contribution in [1.29, 1.82) is 5.26 Å². The molecule has 0 spiro atoms. The number of alkyl halides is 3. The molecular weight excluding hydrogens is 481 g/mol. The quantitative estimate of drug-likeness (QED) is 0.529. The highest BCUT2D eigenvalue weighted by Gasteiger charge is 2.42. The molecule has 0 saturated carbocycles. The van der Waals surface area contributed by atoms with Crippen LogP contribution < -0.4 is 4.90 Å². The minimum Gasteiger partial charge on any atom is -0.341 e. The lowest BCUT2D eigenvalue weighted by atomic mass is 9.95. The maximum Gasteiger partial charge on any atom is 0.403 e. The summed E-state index contributed by atoms with van der Waals surface area (Å²) < 4.78 is 42.6. The zero-order chi connectivity index (χ0) is 24.7. The van der Waals surface area contributed by atoms with Crippen LogP contribution in [0.3, 0.4) is 0 Å². The van der Waals surface area contributed by atoms with Crippen LogP contribution >= 0.6 is 11.6 Å². The number of benzene rings is 1. The molecule has 0 amide bonds. The number of hydrogen-bond donors (Lipinski definition) is 0. The van der Waals surface area contributed by atoms with Crippen molar-refractivity contribution in [2.45, 2.75) is 51.0 Å². The summed E-state index contributed by atoms with van der Waals surface area (Å²) in [6.45, 7) is 2.60. The minimum absolute atomic E-state index is 0.0214. The van der Waals surface area contributed by atoms with Crippen LogP contribution in [0.2, 0.25) is 5.02 Å². The molecule has 3 aromatic rings. The Morgan fingerprint density at radius 2 is 1.91 bits per heavy atom. The predicted octanol–water partition coefficient (Wildman–Crippen LogP) is 4.23. The summed E-state index contributed by atoms with van der Waals surface area (Å²) in [5.41, 5.74) is 1.77. The Hall–Kier alpha value is -3.23. The van der Waals surface area contributed by atoms with Crippen molar-refractivity contribution < 1.29 is 13.2 Å². The van der Waals surface area contributed by atoms with Gasteiger partial charge in [0.15, 0.2) is 5.82 Å². The van der Waals surface area contributed by atoms with E-state index in [9.17, 15) is 13.2 Å². The molecule has 1 saturated heterocycles. The van der Waals surface area contributed by atoms with Gasteiger partial charge >= 0.3 is 6.18 Å². The summed E-state index contributed by atoms with van der Waals surface area (Å²) in [5.74, 6) is 1.78. The summed E-state index contributed by atoms with van der Waals surface area (Å²) >= 11 is 6.21. The fraction of sp³-hybridized carbons (Fsp3) is 0.435. The molecule has 2 aliphatic rings. The van der Waals surface area contributed by atoms with Gasteiger partial charge < -0.3 is 4.90 Å². The Labute approximate surface area is 205 Å². The van der Waals surface area contributed by atoms with E-state index in [1.807, 2.05) is 21.6 Å². The van der Waals surface area contributed by atoms with E-state index in [4.69, 9.17) is 16.9 Å². The Balaban J connectivity index is 1.45. The molecular formula is C23H22ClF3N8. The van der Waals surface area contributed by atoms with E-state index in [-0.39, 0.29) is 19.0 Å². The molecule has 0 bridgehead atoms. The van der Waals surface area contributed by atoms with Gasteiger partial charge in [-0.25, -0.2) is 9.97 Å². The second-order valence-corrected chi connectivity index (χ2v) is 9.26. The molecule has 1 unspecified atom stereocenters. The van der Waals surface area contributed by atoms with Crippen LogP contribution in [0.5, 0.6) is 0 Å². The standard InChI is InChI=1S/C23H22ClF3N8/c1-14(23(25,26)27)34-12-16-10-17(24)2-3-19(16)35-20(13-34)31-32-21(35)15-5-8-33(9-6-15)22-29-7-4-18(11-28)30-22/h2-4,7,10,14-15H,5-6,8-9,12-13H2,1H3. The van der Waals surface area contributed by atoms with E-state index in [1.165, 1.54) is 4.90 Å². The summed E-state index contributed by atoms with van der Waals surface area (Å²) in [7, 11) is 0. The second-order valence-electron chi connectivity index (χ2n) is 8.82. The third kappa shape index (κ3) is 4.56. The molecule has 1 atom stereocenters. The first-order valence-corrected chi connectivity index (χ1v) is 11.6. The number of anilines is 1. The van der Waals surface area contributed by atoms with Crippen molar-refractivity contribution in [3.8, 4) is 11.8 Å². The van der Waals surface area contributed by atoms with Crippen molar-refractivity contribution in [3.63, 3.8) is 0 Å². The van der Waals surface area contributed by atoms with Crippen molar-refractivity contribution in [2.24, 2.45) is 0 Å². The minimum atomic E-state index is -4.37. The molecule has 0 aliphatic carbocycles. The predicted molar refractivity (Wildman–Crippen MR) is 122 cm³/mol. The largest absolute Gasteiger partial charge is 0.403 e. The normalized spacial score (nSPS) is 17.9. The van der Waals surface area contributed by atoms with E-state index in [1.54, 1.807) is 24.4 Å². The molecule has 0 N–H and O–H groups in total. The smallest absolute Gasteiger partial charge is 0.341 e. The van der Waals surface area contributed by atoms with Crippen LogP contribution in [0, 0.1) is 11.3 Å². The average Bonchev–Trinajstić information content (AvgIpc) is 3.19. The highest BCUT2D eigenvalue weighted by molar-refractivity contribution is 6.30. The van der Waals surface area contributed by atoms with Gasteiger partial charge in [-0.05, 0) is 49.6 Å². The van der Waals surface area contributed by atoms with Crippen LogP contribution in [-0.2, 0) is 13.1 Å². The number of nitrogens with zero attached hydrogens (tertiary/aromatic N) is 8. The van der Waals surface area contributed by atoms with Gasteiger partial charge in [0.2, 0.25) is 5.95 Å². The number of halogens is 4. The zero-order valence-corrected chi connectivity index (χ0v) is 19.6. The van der Waals surface area contributed by atoms with Crippen molar-refractivity contribution in [3.05, 3.63) is 58.4 Å². The lowest BCUT2D eigenvalue weighted by molar-refractivity contribution is -0.182. The Morgan fingerprint density at radius 1 is 1.14 bits per heavy atom. The topological polar surface area (TPSA) is 86.8 Å². The summed E-state index contributed by atoms with van der Waals surface area (Å²) in [6, 6.07) is 7.22. The van der Waals surface area contributed by atoms with Gasteiger partial charge in [0.25, 0.3) is 0 Å². The Kier molecular flexibility index (Phi) is 6.11. The second kappa shape index (κ2) is 9.09. The number of piperidine rings is 1. The number of rotatable bonds is 3. The van der Waals surface area contributed by atoms with E-state index in [0.717, 1.165) is 31.3 Å². The highest BCUT2D eigenvalue weighted by atomic mass is 35.5. The summed E-state index contributed by atoms with van der Waals surface area (Å²) in [5, 5.41) is 18.3. The van der Waals surface area contributed by atoms with Gasteiger partial charge in [-0.1, -0.05) is 11.6 Å². The first-order valence-electron chi connectivity index (χ1n) is 11.3. The van der Waals surface area contributed by atoms with Gasteiger partial charge in [-0.15, -0.1) is 10.2 Å². The van der Waals surface area contributed by atoms with E-state index in [2.05, 4.69) is 20.2 Å². The molecule has 4 heterocycles. The number of fused-ring (bicyclic) bond motifs is 3. The third-order valence-electron chi connectivity index (χ3n) is 6.68. The Bertz CT molecular complexity index is 1280. The van der Waals surface area contributed by atoms with E-state index < -0.39 is 12.2 Å². The van der Waals surface area contributed by atoms with Crippen molar-refractivity contribution in [1.82, 2.24) is 29.6 Å². The van der Waals surface area contributed by atoms with Gasteiger partial charge in [0, 0.05) is 36.8 Å². The third-order valence-corrected chi connectivity index (χ3v) is 6.91. The molecule has 12 heteroatoms. The van der Waals surface area contributed by atoms with Crippen LogP contribution in [0.4, 0.5) is 19.1 Å². The lowest BCUT2D eigenvalue weighted by Gasteiger charge is -2.31. The van der Waals surface area contributed by atoms with Gasteiger partial charge in [-0.2, -0.15) is 18.4 Å². The average molecular weight is 503 g/mol. The monoisotopic (exact) mass is 502 g/mol. The first kappa shape index (κ1) is 23.5. The van der Waals surface area contributed by atoms with Crippen molar-refractivity contribution in [2.75, 3.05) is 18.0 Å². The summed E-state index contributed by atoms with van der Waals surface area (Å²) in [4.78, 5) is 11.9. The van der Waals surface area contributed by atoms with Gasteiger partial charge in [0.1, 0.15) is 23.6 Å². The molecule has 8 nitrogen and oxygen atoms in total. The highest BCUT2D eigenvalue weighted by Crippen LogP contribution is 2.36. The molecule has 1 fully saturated rings. The zero-order valence-electron chi connectivity index (χ0n) is 18.9. The number of hydrogen-bond acceptors (Lipinski definition) is 7. The van der Waals surface area contributed by atoms with Crippen LogP contribution in [-0.4, -0.2) is 54.9 Å². The van der Waals surface area contributed by atoms with Gasteiger partial charge in [-0.3, -0.25) is 9.47 Å². The maximum absolute atomic E-state index is 13.6. The molecule has 0 radical (unpaired) electrons. The molecule has 5 rings (SSSR count). The van der Waals surface area contributed by atoms with Crippen molar-refractivity contribution >= 4 is 17.5 Å². The number of aromatic nitrogens is 5. The molecule has 35 heavy (non-hydrogen) atoms. The van der Waals surface area contributed by atoms with E-state index >= 15 is 0 Å². The first-order chi connectivity index (χ1) is 16.7. The number of nitriles is 1. The van der Waals surface area contributed by atoms with Crippen LogP contribution in [0.1, 0.15) is 48.6 Å². The van der Waals surface area contributed by atoms with E-state index in [0.29, 0.717) is 41.1 Å².